The number of hydrogen-bond acceptors (Lipinski definition) is 5. The fraction of sp³-hybridized carbons (Fsp3) is 0.375. The van der Waals surface area contributed by atoms with Gasteiger partial charge in [0.1, 0.15) is 6.04 Å². The summed E-state index contributed by atoms with van der Waals surface area (Å²) in [5.74, 6) is -1.31. The van der Waals surface area contributed by atoms with Crippen LogP contribution in [-0.4, -0.2) is 48.5 Å². The van der Waals surface area contributed by atoms with Gasteiger partial charge < -0.3 is 10.0 Å². The molecule has 0 radical (unpaired) electrons. The molecule has 0 saturated heterocycles. The van der Waals surface area contributed by atoms with Gasteiger partial charge in [-0.1, -0.05) is 75.7 Å². The molecule has 8 nitrogen and oxygen atoms in total. The number of amides is 1. The molecule has 0 bridgehead atoms. The summed E-state index contributed by atoms with van der Waals surface area (Å²) in [6.07, 6.45) is 0.0492. The van der Waals surface area contributed by atoms with E-state index in [-0.39, 0.29) is 37.6 Å². The Hall–Kier alpha value is -3.55. The molecule has 168 valence electrons. The van der Waals surface area contributed by atoms with Crippen molar-refractivity contribution in [1.29, 1.82) is 0 Å². The van der Waals surface area contributed by atoms with Crippen LogP contribution in [0.15, 0.2) is 48.5 Å². The number of carbonyl (C=O) groups excluding carboxylic acids is 1. The van der Waals surface area contributed by atoms with E-state index < -0.39 is 18.9 Å². The van der Waals surface area contributed by atoms with Gasteiger partial charge in [0.15, 0.2) is 0 Å². The zero-order valence-corrected chi connectivity index (χ0v) is 18.2. The van der Waals surface area contributed by atoms with Crippen molar-refractivity contribution in [2.45, 2.75) is 52.5 Å². The first-order valence-electron chi connectivity index (χ1n) is 12.0. The second kappa shape index (κ2) is 10.7. The average Bonchev–Trinajstić information content (AvgIpc) is 3.32. The summed E-state index contributed by atoms with van der Waals surface area (Å²) in [5, 5.41) is 24.0. The fourth-order valence-electron chi connectivity index (χ4n) is 3.70. The minimum atomic E-state index is -2.12. The van der Waals surface area contributed by atoms with E-state index in [2.05, 4.69) is 20.6 Å². The van der Waals surface area contributed by atoms with Gasteiger partial charge in [-0.05, 0) is 34.2 Å². The Bertz CT molecular complexity index is 1130. The maximum atomic E-state index is 13.0. The molecule has 0 aliphatic carbocycles. The standard InChI is InChI=1S/C24H29N5O3/c1-4-5-10-21(30)29(22(16(2)3)24(31)32)15-17-11-13-18(14-12-17)19-8-6-7-9-20(19)23-25-27-28-26-23/h6-9,11-14,16,22H,4-5,10,15H2,1-3H3,(H,31,32)(H,25,26,27,28)/t22-/m1/s1/i1D3. The van der Waals surface area contributed by atoms with E-state index in [0.29, 0.717) is 5.82 Å². The predicted octanol–water partition coefficient (Wildman–Crippen LogP) is 4.16. The monoisotopic (exact) mass is 438 g/mol. The van der Waals surface area contributed by atoms with Crippen molar-refractivity contribution < 1.29 is 18.8 Å². The van der Waals surface area contributed by atoms with Gasteiger partial charge >= 0.3 is 5.97 Å². The number of rotatable bonds is 10. The quantitative estimate of drug-likeness (QED) is 0.491. The van der Waals surface area contributed by atoms with Crippen molar-refractivity contribution in [2.75, 3.05) is 0 Å². The Morgan fingerprint density at radius 2 is 1.84 bits per heavy atom. The van der Waals surface area contributed by atoms with E-state index in [9.17, 15) is 14.7 Å². The summed E-state index contributed by atoms with van der Waals surface area (Å²) in [6, 6.07) is 14.1. The van der Waals surface area contributed by atoms with E-state index >= 15 is 0 Å². The molecule has 0 fully saturated rings. The molecule has 1 atom stereocenters. The van der Waals surface area contributed by atoms with Crippen LogP contribution >= 0.6 is 0 Å². The molecule has 1 heterocycles. The van der Waals surface area contributed by atoms with Crippen LogP contribution in [0.25, 0.3) is 22.5 Å². The predicted molar refractivity (Wildman–Crippen MR) is 121 cm³/mol. The Labute approximate surface area is 191 Å². The highest BCUT2D eigenvalue weighted by Gasteiger charge is 2.32. The lowest BCUT2D eigenvalue weighted by Crippen LogP contribution is -2.47. The van der Waals surface area contributed by atoms with Gasteiger partial charge in [0.05, 0.1) is 0 Å². The lowest BCUT2D eigenvalue weighted by molar-refractivity contribution is -0.153. The minimum absolute atomic E-state index is 0.0228. The zero-order chi connectivity index (χ0) is 25.6. The van der Waals surface area contributed by atoms with E-state index in [1.165, 1.54) is 4.90 Å². The average molecular weight is 439 g/mol. The number of carboxylic acids is 1. The highest BCUT2D eigenvalue weighted by atomic mass is 16.4. The second-order valence-corrected chi connectivity index (χ2v) is 7.88. The largest absolute Gasteiger partial charge is 0.480 e. The first kappa shape index (κ1) is 19.2. The summed E-state index contributed by atoms with van der Waals surface area (Å²) in [5.41, 5.74) is 3.39. The molecule has 0 aliphatic heterocycles. The van der Waals surface area contributed by atoms with Crippen LogP contribution in [0.1, 0.15) is 49.6 Å². The van der Waals surface area contributed by atoms with Gasteiger partial charge in [0.2, 0.25) is 11.7 Å². The molecular weight excluding hydrogens is 406 g/mol. The SMILES string of the molecule is [2H]C([2H])([2H])CCCC(=O)N(Cc1ccc(-c2ccccc2-c2nn[nH]n2)cc1)[C@@H](C(=O)O)C(C)C. The summed E-state index contributed by atoms with van der Waals surface area (Å²) in [4.78, 5) is 26.3. The number of aromatic nitrogens is 4. The third-order valence-electron chi connectivity index (χ3n) is 5.24. The van der Waals surface area contributed by atoms with Gasteiger partial charge in [-0.2, -0.15) is 5.21 Å². The van der Waals surface area contributed by atoms with Crippen molar-refractivity contribution in [3.8, 4) is 22.5 Å². The molecular formula is C24H29N5O3. The van der Waals surface area contributed by atoms with Crippen molar-refractivity contribution in [3.05, 3.63) is 54.1 Å². The number of hydrogen-bond donors (Lipinski definition) is 2. The summed E-state index contributed by atoms with van der Waals surface area (Å²) in [6.45, 7) is 1.48. The molecule has 0 aliphatic rings. The topological polar surface area (TPSA) is 112 Å². The van der Waals surface area contributed by atoms with Gasteiger partial charge in [-0.25, -0.2) is 4.79 Å². The number of benzene rings is 2. The number of aliphatic carboxylic acids is 1. The van der Waals surface area contributed by atoms with Crippen LogP contribution in [0.4, 0.5) is 0 Å². The van der Waals surface area contributed by atoms with Crippen LogP contribution in [0.3, 0.4) is 0 Å². The van der Waals surface area contributed by atoms with Crippen LogP contribution in [-0.2, 0) is 16.1 Å². The van der Waals surface area contributed by atoms with E-state index in [4.69, 9.17) is 4.11 Å². The van der Waals surface area contributed by atoms with Gasteiger partial charge in [0.25, 0.3) is 0 Å². The first-order chi connectivity index (χ1) is 16.6. The molecule has 2 aromatic carbocycles. The fourth-order valence-corrected chi connectivity index (χ4v) is 3.70. The molecule has 3 rings (SSSR count). The molecule has 0 saturated carbocycles. The van der Waals surface area contributed by atoms with Crippen molar-refractivity contribution in [2.24, 2.45) is 5.92 Å². The number of nitrogens with zero attached hydrogens (tertiary/aromatic N) is 4. The van der Waals surface area contributed by atoms with Crippen LogP contribution in [0.2, 0.25) is 0 Å². The number of carbonyl (C=O) groups is 2. The summed E-state index contributed by atoms with van der Waals surface area (Å²) in [7, 11) is 0. The van der Waals surface area contributed by atoms with Crippen molar-refractivity contribution in [3.63, 3.8) is 0 Å². The molecule has 3 aromatic rings. The minimum Gasteiger partial charge on any atom is -0.480 e. The highest BCUT2D eigenvalue weighted by Crippen LogP contribution is 2.30. The Morgan fingerprint density at radius 3 is 2.44 bits per heavy atom. The maximum absolute atomic E-state index is 13.0. The summed E-state index contributed by atoms with van der Waals surface area (Å²) >= 11 is 0. The maximum Gasteiger partial charge on any atom is 0.326 e. The molecule has 8 heteroatoms. The lowest BCUT2D eigenvalue weighted by atomic mass is 9.97. The molecule has 2 N–H and O–H groups in total. The number of tetrazole rings is 1. The number of aromatic amines is 1. The third kappa shape index (κ3) is 5.38. The van der Waals surface area contributed by atoms with Crippen LogP contribution in [0, 0.1) is 5.92 Å². The van der Waals surface area contributed by atoms with Gasteiger partial charge in [-0.3, -0.25) is 4.79 Å². The summed E-state index contributed by atoms with van der Waals surface area (Å²) < 4.78 is 22.0. The van der Waals surface area contributed by atoms with Crippen molar-refractivity contribution in [1.82, 2.24) is 25.5 Å². The van der Waals surface area contributed by atoms with Gasteiger partial charge in [-0.15, -0.1) is 10.2 Å². The molecule has 1 amide bonds. The van der Waals surface area contributed by atoms with E-state index in [0.717, 1.165) is 22.3 Å². The zero-order valence-electron chi connectivity index (χ0n) is 21.2. The molecule has 32 heavy (non-hydrogen) atoms. The Kier molecular flexibility index (Phi) is 6.38. The van der Waals surface area contributed by atoms with Gasteiger partial charge in [0, 0.05) is 22.6 Å². The third-order valence-corrected chi connectivity index (χ3v) is 5.24. The van der Waals surface area contributed by atoms with E-state index in [1.807, 2.05) is 48.5 Å². The normalized spacial score (nSPS) is 13.8. The van der Waals surface area contributed by atoms with Crippen molar-refractivity contribution >= 4 is 11.9 Å². The molecule has 1 aromatic heterocycles. The lowest BCUT2D eigenvalue weighted by Gasteiger charge is -2.32. The van der Waals surface area contributed by atoms with Crippen LogP contribution in [0.5, 0.6) is 0 Å². The van der Waals surface area contributed by atoms with E-state index in [1.54, 1.807) is 13.8 Å². The Balaban J connectivity index is 1.83. The first-order valence-corrected chi connectivity index (χ1v) is 10.5. The number of H-pyrrole nitrogens is 1. The molecule has 0 unspecified atom stereocenters. The molecule has 0 spiro atoms. The van der Waals surface area contributed by atoms with Crippen LogP contribution < -0.4 is 0 Å². The highest BCUT2D eigenvalue weighted by molar-refractivity contribution is 5.84. The second-order valence-electron chi connectivity index (χ2n) is 7.88. The smallest absolute Gasteiger partial charge is 0.326 e. The number of carboxylic acid groups (broad SMARTS) is 1. The Morgan fingerprint density at radius 1 is 1.12 bits per heavy atom. The number of nitrogens with one attached hydrogen (secondary N) is 1.